The first kappa shape index (κ1) is 23.4. The summed E-state index contributed by atoms with van der Waals surface area (Å²) in [7, 11) is 0. The number of nitrogens with two attached hydrogens (primary N) is 1. The summed E-state index contributed by atoms with van der Waals surface area (Å²) in [6.07, 6.45) is 1.40. The van der Waals surface area contributed by atoms with Gasteiger partial charge >= 0.3 is 0 Å². The summed E-state index contributed by atoms with van der Waals surface area (Å²) in [6.45, 7) is 8.16. The van der Waals surface area contributed by atoms with Crippen LogP contribution in [0.4, 0.5) is 5.82 Å². The van der Waals surface area contributed by atoms with Crippen LogP contribution in [0.2, 0.25) is 0 Å². The van der Waals surface area contributed by atoms with Crippen molar-refractivity contribution in [1.29, 1.82) is 5.26 Å². The standard InChI is InChI=1S/C26H25N7O2/c1-17(13-27)25(34)29-14-26(2,3)15-33-24-21(23(28)30-16-31-24)22(32-33)18-9-11-20(12-10-18)35-19-7-5-4-6-8-19/h4-12,16H,1,14-15H2,2-3H3,(H,29,34)(H2,28,30,31). The van der Waals surface area contributed by atoms with Gasteiger partial charge in [0.25, 0.3) is 5.91 Å². The fourth-order valence-electron chi connectivity index (χ4n) is 3.59. The number of nitrogen functional groups attached to an aromatic ring is 1. The van der Waals surface area contributed by atoms with Crippen molar-refractivity contribution in [2.24, 2.45) is 5.41 Å². The molecular weight excluding hydrogens is 442 g/mol. The Morgan fingerprint density at radius 2 is 1.83 bits per heavy atom. The Morgan fingerprint density at radius 3 is 2.51 bits per heavy atom. The Morgan fingerprint density at radius 1 is 1.14 bits per heavy atom. The van der Waals surface area contributed by atoms with Crippen molar-refractivity contribution >= 4 is 22.8 Å². The van der Waals surface area contributed by atoms with Crippen LogP contribution in [-0.4, -0.2) is 32.2 Å². The lowest BCUT2D eigenvalue weighted by Gasteiger charge is -2.25. The third-order valence-electron chi connectivity index (χ3n) is 5.38. The van der Waals surface area contributed by atoms with Crippen molar-refractivity contribution in [3.05, 3.63) is 73.1 Å². The maximum Gasteiger partial charge on any atom is 0.261 e. The van der Waals surface area contributed by atoms with Gasteiger partial charge in [0.15, 0.2) is 5.65 Å². The minimum absolute atomic E-state index is 0.132. The van der Waals surface area contributed by atoms with Gasteiger partial charge in [0.1, 0.15) is 41.0 Å². The summed E-state index contributed by atoms with van der Waals surface area (Å²) in [5, 5.41) is 17.1. The van der Waals surface area contributed by atoms with Crippen LogP contribution in [-0.2, 0) is 11.3 Å². The van der Waals surface area contributed by atoms with Crippen molar-refractivity contribution < 1.29 is 9.53 Å². The average Bonchev–Trinajstić information content (AvgIpc) is 3.22. The van der Waals surface area contributed by atoms with E-state index in [0.29, 0.717) is 41.4 Å². The van der Waals surface area contributed by atoms with Gasteiger partial charge in [-0.25, -0.2) is 14.6 Å². The minimum atomic E-state index is -0.490. The molecule has 4 aromatic rings. The maximum atomic E-state index is 12.0. The minimum Gasteiger partial charge on any atom is -0.457 e. The molecule has 2 aromatic carbocycles. The Labute approximate surface area is 202 Å². The first-order valence-electron chi connectivity index (χ1n) is 10.9. The molecule has 176 valence electrons. The molecule has 0 atom stereocenters. The highest BCUT2D eigenvalue weighted by molar-refractivity contribution is 5.98. The molecule has 0 fully saturated rings. The number of amides is 1. The van der Waals surface area contributed by atoms with E-state index < -0.39 is 11.3 Å². The Hall–Kier alpha value is -4.71. The lowest BCUT2D eigenvalue weighted by Crippen LogP contribution is -2.37. The molecule has 0 aliphatic heterocycles. The van der Waals surface area contributed by atoms with E-state index in [-0.39, 0.29) is 5.57 Å². The van der Waals surface area contributed by atoms with Crippen LogP contribution in [0.25, 0.3) is 22.3 Å². The number of hydrogen-bond donors (Lipinski definition) is 2. The predicted octanol–water partition coefficient (Wildman–Crippen LogP) is 4.09. The fraction of sp³-hybridized carbons (Fsp3) is 0.192. The second kappa shape index (κ2) is 9.65. The quantitative estimate of drug-likeness (QED) is 0.295. The number of aromatic nitrogens is 4. The third kappa shape index (κ3) is 5.28. The van der Waals surface area contributed by atoms with Gasteiger partial charge in [-0.05, 0) is 36.4 Å². The molecule has 2 aromatic heterocycles. The highest BCUT2D eigenvalue weighted by atomic mass is 16.5. The normalized spacial score (nSPS) is 11.1. The summed E-state index contributed by atoms with van der Waals surface area (Å²) in [5.74, 6) is 1.29. The van der Waals surface area contributed by atoms with Crippen LogP contribution >= 0.6 is 0 Å². The molecular formula is C26H25N7O2. The van der Waals surface area contributed by atoms with Crippen LogP contribution in [0.1, 0.15) is 13.8 Å². The van der Waals surface area contributed by atoms with Gasteiger partial charge in [0.2, 0.25) is 0 Å². The molecule has 0 unspecified atom stereocenters. The number of carbonyl (C=O) groups is 1. The number of nitriles is 1. The molecule has 0 spiro atoms. The molecule has 3 N–H and O–H groups in total. The van der Waals surface area contributed by atoms with E-state index in [1.54, 1.807) is 10.8 Å². The Kier molecular flexibility index (Phi) is 6.46. The van der Waals surface area contributed by atoms with Gasteiger partial charge in [0, 0.05) is 17.5 Å². The van der Waals surface area contributed by atoms with Gasteiger partial charge in [-0.1, -0.05) is 38.6 Å². The summed E-state index contributed by atoms with van der Waals surface area (Å²) >= 11 is 0. The SMILES string of the molecule is C=C(C#N)C(=O)NCC(C)(C)Cn1nc(-c2ccc(Oc3ccccc3)cc2)c2c(N)ncnc21. The topological polar surface area (TPSA) is 132 Å². The number of benzene rings is 2. The number of carbonyl (C=O) groups excluding carboxylic acids is 1. The second-order valence-corrected chi connectivity index (χ2v) is 8.84. The lowest BCUT2D eigenvalue weighted by atomic mass is 9.93. The molecule has 1 amide bonds. The summed E-state index contributed by atoms with van der Waals surface area (Å²) in [6, 6.07) is 18.9. The monoisotopic (exact) mass is 467 g/mol. The van der Waals surface area contributed by atoms with Gasteiger partial charge in [-0.3, -0.25) is 4.79 Å². The molecule has 9 nitrogen and oxygen atoms in total. The molecule has 0 radical (unpaired) electrons. The second-order valence-electron chi connectivity index (χ2n) is 8.84. The Balaban J connectivity index is 1.61. The van der Waals surface area contributed by atoms with Crippen LogP contribution in [0.3, 0.4) is 0 Å². The Bertz CT molecular complexity index is 1420. The number of fused-ring (bicyclic) bond motifs is 1. The van der Waals surface area contributed by atoms with Crippen molar-refractivity contribution in [3.8, 4) is 28.8 Å². The molecule has 9 heteroatoms. The van der Waals surface area contributed by atoms with E-state index in [4.69, 9.17) is 20.8 Å². The van der Waals surface area contributed by atoms with E-state index in [2.05, 4.69) is 21.9 Å². The number of anilines is 1. The maximum absolute atomic E-state index is 12.0. The van der Waals surface area contributed by atoms with Crippen molar-refractivity contribution in [2.75, 3.05) is 12.3 Å². The average molecular weight is 468 g/mol. The third-order valence-corrected chi connectivity index (χ3v) is 5.38. The zero-order valence-electron chi connectivity index (χ0n) is 19.5. The van der Waals surface area contributed by atoms with Crippen LogP contribution in [0.15, 0.2) is 73.1 Å². The van der Waals surface area contributed by atoms with Crippen LogP contribution in [0, 0.1) is 16.7 Å². The van der Waals surface area contributed by atoms with E-state index >= 15 is 0 Å². The zero-order valence-corrected chi connectivity index (χ0v) is 19.5. The molecule has 0 saturated carbocycles. The summed E-state index contributed by atoms with van der Waals surface area (Å²) < 4.78 is 7.65. The molecule has 2 heterocycles. The molecule has 0 aliphatic rings. The molecule has 0 bridgehead atoms. The first-order valence-corrected chi connectivity index (χ1v) is 10.9. The highest BCUT2D eigenvalue weighted by Gasteiger charge is 2.25. The zero-order chi connectivity index (χ0) is 25.0. The number of para-hydroxylation sites is 1. The summed E-state index contributed by atoms with van der Waals surface area (Å²) in [5.41, 5.74) is 7.77. The number of nitrogens with zero attached hydrogens (tertiary/aromatic N) is 5. The highest BCUT2D eigenvalue weighted by Crippen LogP contribution is 2.33. The lowest BCUT2D eigenvalue weighted by molar-refractivity contribution is -0.117. The molecule has 0 aliphatic carbocycles. The van der Waals surface area contributed by atoms with E-state index in [9.17, 15) is 4.79 Å². The van der Waals surface area contributed by atoms with Gasteiger partial charge < -0.3 is 15.8 Å². The van der Waals surface area contributed by atoms with Gasteiger partial charge in [0.05, 0.1) is 11.9 Å². The first-order chi connectivity index (χ1) is 16.8. The van der Waals surface area contributed by atoms with Crippen molar-refractivity contribution in [3.63, 3.8) is 0 Å². The van der Waals surface area contributed by atoms with Crippen molar-refractivity contribution in [1.82, 2.24) is 25.1 Å². The van der Waals surface area contributed by atoms with E-state index in [0.717, 1.165) is 11.3 Å². The van der Waals surface area contributed by atoms with Crippen molar-refractivity contribution in [2.45, 2.75) is 20.4 Å². The molecule has 4 rings (SSSR count). The molecule has 0 saturated heterocycles. The fourth-order valence-corrected chi connectivity index (χ4v) is 3.59. The predicted molar refractivity (Wildman–Crippen MR) is 133 cm³/mol. The number of nitrogens with one attached hydrogen (secondary N) is 1. The number of ether oxygens (including phenoxy) is 1. The largest absolute Gasteiger partial charge is 0.457 e. The van der Waals surface area contributed by atoms with Crippen LogP contribution < -0.4 is 15.8 Å². The van der Waals surface area contributed by atoms with Crippen LogP contribution in [0.5, 0.6) is 11.5 Å². The smallest absolute Gasteiger partial charge is 0.261 e. The summed E-state index contributed by atoms with van der Waals surface area (Å²) in [4.78, 5) is 20.5. The number of hydrogen-bond acceptors (Lipinski definition) is 7. The van der Waals surface area contributed by atoms with Gasteiger partial charge in [-0.2, -0.15) is 10.4 Å². The molecule has 35 heavy (non-hydrogen) atoms. The van der Waals surface area contributed by atoms with Gasteiger partial charge in [-0.15, -0.1) is 0 Å². The number of rotatable bonds is 8. The van der Waals surface area contributed by atoms with E-state index in [1.165, 1.54) is 6.33 Å². The van der Waals surface area contributed by atoms with E-state index in [1.807, 2.05) is 68.4 Å².